The average Bonchev–Trinajstić information content (AvgIpc) is 2.86. The van der Waals surface area contributed by atoms with E-state index in [1.807, 2.05) is 45.0 Å². The fourth-order valence-corrected chi connectivity index (χ4v) is 3.14. The van der Waals surface area contributed by atoms with Gasteiger partial charge in [-0.2, -0.15) is 5.26 Å². The molecule has 0 bridgehead atoms. The number of hydrogen-bond donors (Lipinski definition) is 2. The zero-order chi connectivity index (χ0) is 25.5. The van der Waals surface area contributed by atoms with E-state index in [9.17, 15) is 14.9 Å². The van der Waals surface area contributed by atoms with Crippen LogP contribution in [0.3, 0.4) is 0 Å². The maximum Gasteiger partial charge on any atom is 0.340 e. The van der Waals surface area contributed by atoms with Gasteiger partial charge in [0.25, 0.3) is 5.91 Å². The summed E-state index contributed by atoms with van der Waals surface area (Å²) in [5.41, 5.74) is 1.44. The highest BCUT2D eigenvalue weighted by Gasteiger charge is 2.16. The zero-order valence-electron chi connectivity index (χ0n) is 20.6. The number of anilines is 1. The van der Waals surface area contributed by atoms with Crippen molar-refractivity contribution in [3.8, 4) is 17.6 Å². The molecule has 8 nitrogen and oxygen atoms in total. The minimum atomic E-state index is -0.617. The normalized spacial score (nSPS) is 10.7. The smallest absolute Gasteiger partial charge is 0.340 e. The zero-order valence-corrected chi connectivity index (χ0v) is 20.6. The number of ether oxygens (including phenoxy) is 3. The van der Waals surface area contributed by atoms with E-state index in [1.165, 1.54) is 6.20 Å². The van der Waals surface area contributed by atoms with Crippen molar-refractivity contribution in [2.24, 2.45) is 0 Å². The van der Waals surface area contributed by atoms with Crippen LogP contribution in [0.2, 0.25) is 0 Å². The lowest BCUT2D eigenvalue weighted by atomic mass is 10.1. The van der Waals surface area contributed by atoms with E-state index in [1.54, 1.807) is 24.3 Å². The first-order chi connectivity index (χ1) is 17.0. The molecule has 0 radical (unpaired) electrons. The summed E-state index contributed by atoms with van der Waals surface area (Å²) >= 11 is 0. The Labute approximate surface area is 206 Å². The molecule has 2 rings (SSSR count). The highest BCUT2D eigenvalue weighted by atomic mass is 16.5. The molecule has 0 aromatic heterocycles. The van der Waals surface area contributed by atoms with Gasteiger partial charge in [0, 0.05) is 12.7 Å². The Hall–Kier alpha value is -3.99. The van der Waals surface area contributed by atoms with Crippen LogP contribution in [-0.2, 0) is 16.0 Å². The van der Waals surface area contributed by atoms with Gasteiger partial charge in [0.05, 0.1) is 31.1 Å². The molecule has 0 spiro atoms. The number of amides is 1. The Morgan fingerprint density at radius 1 is 1.03 bits per heavy atom. The van der Waals surface area contributed by atoms with E-state index >= 15 is 0 Å². The van der Waals surface area contributed by atoms with Crippen molar-refractivity contribution < 1.29 is 23.8 Å². The third-order valence-corrected chi connectivity index (χ3v) is 4.90. The Morgan fingerprint density at radius 3 is 2.49 bits per heavy atom. The molecule has 0 saturated heterocycles. The van der Waals surface area contributed by atoms with Crippen LogP contribution in [0.5, 0.6) is 11.5 Å². The lowest BCUT2D eigenvalue weighted by Crippen LogP contribution is -2.19. The molecule has 0 aliphatic heterocycles. The van der Waals surface area contributed by atoms with Gasteiger partial charge in [-0.25, -0.2) is 4.79 Å². The average molecular weight is 480 g/mol. The van der Waals surface area contributed by atoms with E-state index < -0.39 is 11.9 Å². The summed E-state index contributed by atoms with van der Waals surface area (Å²) < 4.78 is 16.5. The summed E-state index contributed by atoms with van der Waals surface area (Å²) in [4.78, 5) is 25.0. The number of nitrogens with zero attached hydrogens (tertiary/aromatic N) is 1. The second-order valence-electron chi connectivity index (χ2n) is 7.51. The predicted molar refractivity (Wildman–Crippen MR) is 134 cm³/mol. The molecule has 0 unspecified atom stereocenters. The molecular weight excluding hydrogens is 446 g/mol. The molecule has 0 aliphatic rings. The maximum absolute atomic E-state index is 12.6. The number of unbranched alkanes of at least 4 members (excludes halogenated alkanes) is 1. The molecule has 186 valence electrons. The number of benzene rings is 2. The summed E-state index contributed by atoms with van der Waals surface area (Å²) in [6, 6.07) is 14.2. The van der Waals surface area contributed by atoms with Crippen LogP contribution in [0.4, 0.5) is 5.69 Å². The minimum absolute atomic E-state index is 0.110. The summed E-state index contributed by atoms with van der Waals surface area (Å²) in [5.74, 6) is 0.250. The molecule has 35 heavy (non-hydrogen) atoms. The highest BCUT2D eigenvalue weighted by molar-refractivity contribution is 6.09. The molecule has 2 N–H and O–H groups in total. The Bertz CT molecular complexity index is 1060. The fraction of sp³-hybridized carbons (Fsp3) is 0.370. The summed E-state index contributed by atoms with van der Waals surface area (Å²) in [7, 11) is 0. The molecular formula is C27H33N3O5. The number of para-hydroxylation sites is 1. The van der Waals surface area contributed by atoms with Crippen LogP contribution in [0.1, 0.15) is 49.5 Å². The van der Waals surface area contributed by atoms with E-state index in [0.29, 0.717) is 44.3 Å². The van der Waals surface area contributed by atoms with Crippen molar-refractivity contribution in [1.29, 1.82) is 5.26 Å². The van der Waals surface area contributed by atoms with E-state index in [2.05, 4.69) is 10.6 Å². The standard InChI is InChI=1S/C27H33N3O5/c1-4-7-16-35-27(32)22-10-8-9-11-23(22)30-26(31)21(18-28)19-29-15-14-20-12-13-24(33-5-2)25(17-20)34-6-3/h8-13,17,19,29H,4-7,14-16H2,1-3H3,(H,30,31)/b21-19-. The topological polar surface area (TPSA) is 110 Å². The fourth-order valence-electron chi connectivity index (χ4n) is 3.14. The number of rotatable bonds is 14. The molecule has 0 aliphatic carbocycles. The van der Waals surface area contributed by atoms with Crippen LogP contribution < -0.4 is 20.1 Å². The number of esters is 1. The molecule has 2 aromatic rings. The minimum Gasteiger partial charge on any atom is -0.490 e. The van der Waals surface area contributed by atoms with Gasteiger partial charge in [-0.1, -0.05) is 31.5 Å². The van der Waals surface area contributed by atoms with Crippen molar-refractivity contribution in [1.82, 2.24) is 5.32 Å². The van der Waals surface area contributed by atoms with Gasteiger partial charge in [0.1, 0.15) is 11.6 Å². The lowest BCUT2D eigenvalue weighted by Gasteiger charge is -2.12. The van der Waals surface area contributed by atoms with Gasteiger partial charge >= 0.3 is 5.97 Å². The summed E-state index contributed by atoms with van der Waals surface area (Å²) in [6.07, 6.45) is 3.68. The van der Waals surface area contributed by atoms with Crippen LogP contribution >= 0.6 is 0 Å². The van der Waals surface area contributed by atoms with Crippen molar-refractivity contribution in [3.63, 3.8) is 0 Å². The lowest BCUT2D eigenvalue weighted by molar-refractivity contribution is -0.112. The van der Waals surface area contributed by atoms with Crippen LogP contribution in [0, 0.1) is 11.3 Å². The van der Waals surface area contributed by atoms with Gasteiger partial charge < -0.3 is 24.8 Å². The molecule has 1 amide bonds. The monoisotopic (exact) mass is 479 g/mol. The van der Waals surface area contributed by atoms with Gasteiger partial charge in [0.2, 0.25) is 0 Å². The second kappa shape index (κ2) is 15.0. The van der Waals surface area contributed by atoms with Gasteiger partial charge in [-0.05, 0) is 56.5 Å². The second-order valence-corrected chi connectivity index (χ2v) is 7.51. The van der Waals surface area contributed by atoms with Crippen molar-refractivity contribution in [2.75, 3.05) is 31.7 Å². The molecule has 8 heteroatoms. The molecule has 0 heterocycles. The summed E-state index contributed by atoms with van der Waals surface area (Å²) in [5, 5.41) is 15.1. The number of hydrogen-bond acceptors (Lipinski definition) is 7. The predicted octanol–water partition coefficient (Wildman–Crippen LogP) is 4.62. The Kier molecular flexibility index (Phi) is 11.7. The third kappa shape index (κ3) is 8.70. The van der Waals surface area contributed by atoms with E-state index in [-0.39, 0.29) is 16.8 Å². The number of nitriles is 1. The maximum atomic E-state index is 12.6. The molecule has 0 fully saturated rings. The Morgan fingerprint density at radius 2 is 1.77 bits per heavy atom. The molecule has 0 saturated carbocycles. The van der Waals surface area contributed by atoms with Crippen LogP contribution in [0.15, 0.2) is 54.2 Å². The first-order valence-corrected chi connectivity index (χ1v) is 11.8. The number of carbonyl (C=O) groups is 2. The van der Waals surface area contributed by atoms with Gasteiger partial charge in [-0.15, -0.1) is 0 Å². The van der Waals surface area contributed by atoms with Crippen LogP contribution in [0.25, 0.3) is 0 Å². The SMILES string of the molecule is CCCCOC(=O)c1ccccc1NC(=O)/C(C#N)=C\NCCc1ccc(OCC)c(OCC)c1. The molecule has 0 atom stereocenters. The third-order valence-electron chi connectivity index (χ3n) is 4.90. The first-order valence-electron chi connectivity index (χ1n) is 11.8. The van der Waals surface area contributed by atoms with Crippen LogP contribution in [-0.4, -0.2) is 38.2 Å². The largest absolute Gasteiger partial charge is 0.490 e. The van der Waals surface area contributed by atoms with Gasteiger partial charge in [0.15, 0.2) is 11.5 Å². The Balaban J connectivity index is 1.98. The highest BCUT2D eigenvalue weighted by Crippen LogP contribution is 2.28. The van der Waals surface area contributed by atoms with E-state index in [4.69, 9.17) is 14.2 Å². The quantitative estimate of drug-likeness (QED) is 0.176. The van der Waals surface area contributed by atoms with Crippen molar-refractivity contribution in [3.05, 3.63) is 65.4 Å². The van der Waals surface area contributed by atoms with Gasteiger partial charge in [-0.3, -0.25) is 4.79 Å². The van der Waals surface area contributed by atoms with Crippen molar-refractivity contribution in [2.45, 2.75) is 40.0 Å². The summed E-state index contributed by atoms with van der Waals surface area (Å²) in [6.45, 7) is 7.73. The molecule has 2 aromatic carbocycles. The van der Waals surface area contributed by atoms with E-state index in [0.717, 1.165) is 18.4 Å². The number of carbonyl (C=O) groups excluding carboxylic acids is 2. The number of nitrogens with one attached hydrogen (secondary N) is 2. The first kappa shape index (κ1) is 27.3. The van der Waals surface area contributed by atoms with Crippen molar-refractivity contribution >= 4 is 17.6 Å².